The normalized spacial score (nSPS) is 15.7. The lowest BCUT2D eigenvalue weighted by atomic mass is 10.2. The first-order valence-electron chi connectivity index (χ1n) is 9.00. The number of hydrogen-bond donors (Lipinski definition) is 2. The Hall–Kier alpha value is -2.39. The molecule has 9 heteroatoms. The summed E-state index contributed by atoms with van der Waals surface area (Å²) in [6, 6.07) is 7.65. The number of piperidine rings is 1. The van der Waals surface area contributed by atoms with Crippen LogP contribution in [0.15, 0.2) is 35.2 Å². The van der Waals surface area contributed by atoms with Crippen LogP contribution in [-0.4, -0.2) is 48.0 Å². The minimum Gasteiger partial charge on any atom is -0.474 e. The van der Waals surface area contributed by atoms with Gasteiger partial charge in [0.15, 0.2) is 0 Å². The number of hydrogen-bond acceptors (Lipinski definition) is 5. The van der Waals surface area contributed by atoms with E-state index < -0.39 is 15.9 Å². The van der Waals surface area contributed by atoms with Gasteiger partial charge < -0.3 is 10.1 Å². The third-order valence-corrected chi connectivity index (χ3v) is 6.10. The van der Waals surface area contributed by atoms with Gasteiger partial charge in [-0.25, -0.2) is 8.42 Å². The average molecular weight is 392 g/mol. The molecular weight excluding hydrogens is 368 g/mol. The van der Waals surface area contributed by atoms with Crippen molar-refractivity contribution in [3.8, 4) is 5.88 Å². The number of nitrogens with zero attached hydrogens (tertiary/aromatic N) is 2. The van der Waals surface area contributed by atoms with E-state index in [-0.39, 0.29) is 16.6 Å². The molecule has 1 fully saturated rings. The molecule has 0 atom stereocenters. The van der Waals surface area contributed by atoms with Gasteiger partial charge in [-0.15, -0.1) is 5.10 Å². The van der Waals surface area contributed by atoms with Crippen LogP contribution in [-0.2, 0) is 10.0 Å². The summed E-state index contributed by atoms with van der Waals surface area (Å²) in [4.78, 5) is 12.6. The van der Waals surface area contributed by atoms with Crippen molar-refractivity contribution in [1.29, 1.82) is 0 Å². The van der Waals surface area contributed by atoms with Crippen molar-refractivity contribution >= 4 is 21.7 Å². The molecule has 0 spiro atoms. The van der Waals surface area contributed by atoms with Crippen LogP contribution in [0.1, 0.15) is 43.5 Å². The second-order valence-corrected chi connectivity index (χ2v) is 8.67. The number of amides is 1. The molecule has 146 valence electrons. The van der Waals surface area contributed by atoms with Crippen LogP contribution in [0.25, 0.3) is 0 Å². The molecule has 2 heterocycles. The van der Waals surface area contributed by atoms with Crippen LogP contribution in [0.2, 0.25) is 0 Å². The van der Waals surface area contributed by atoms with Gasteiger partial charge in [-0.05, 0) is 44.9 Å². The number of carbonyl (C=O) groups excluding carboxylic acids is 1. The smallest absolute Gasteiger partial charge is 0.256 e. The highest BCUT2D eigenvalue weighted by atomic mass is 32.2. The van der Waals surface area contributed by atoms with Gasteiger partial charge in [-0.2, -0.15) is 4.31 Å². The maximum Gasteiger partial charge on any atom is 0.256 e. The summed E-state index contributed by atoms with van der Waals surface area (Å²) in [6.07, 6.45) is 2.73. The number of carbonyl (C=O) groups is 1. The Kier molecular flexibility index (Phi) is 5.81. The van der Waals surface area contributed by atoms with Crippen molar-refractivity contribution in [2.45, 2.75) is 44.1 Å². The van der Waals surface area contributed by atoms with Gasteiger partial charge in [0.25, 0.3) is 5.91 Å². The topological polar surface area (TPSA) is 104 Å². The molecule has 1 aromatic heterocycles. The predicted octanol–water partition coefficient (Wildman–Crippen LogP) is 2.62. The predicted molar refractivity (Wildman–Crippen MR) is 101 cm³/mol. The van der Waals surface area contributed by atoms with E-state index in [2.05, 4.69) is 15.5 Å². The van der Waals surface area contributed by atoms with Gasteiger partial charge in [-0.3, -0.25) is 9.89 Å². The molecule has 1 saturated heterocycles. The molecule has 2 N–H and O–H groups in total. The van der Waals surface area contributed by atoms with E-state index in [1.807, 2.05) is 13.8 Å². The van der Waals surface area contributed by atoms with Gasteiger partial charge in [0, 0.05) is 24.7 Å². The summed E-state index contributed by atoms with van der Waals surface area (Å²) in [5.41, 5.74) is 0.258. The van der Waals surface area contributed by atoms with E-state index in [0.29, 0.717) is 24.8 Å². The van der Waals surface area contributed by atoms with Crippen molar-refractivity contribution in [3.05, 3.63) is 35.9 Å². The van der Waals surface area contributed by atoms with E-state index >= 15 is 0 Å². The van der Waals surface area contributed by atoms with Crippen LogP contribution in [0.4, 0.5) is 5.82 Å². The number of anilines is 1. The van der Waals surface area contributed by atoms with Gasteiger partial charge in [-0.1, -0.05) is 12.5 Å². The van der Waals surface area contributed by atoms with Crippen molar-refractivity contribution in [2.75, 3.05) is 18.4 Å². The zero-order valence-corrected chi connectivity index (χ0v) is 16.3. The van der Waals surface area contributed by atoms with Crippen LogP contribution in [0.5, 0.6) is 5.88 Å². The quantitative estimate of drug-likeness (QED) is 0.786. The standard InChI is InChI=1S/C18H24N4O4S/c1-13(2)26-17-12-16(20-21-17)19-18(23)14-7-6-8-15(11-14)27(24,25)22-9-4-3-5-10-22/h6-8,11-13H,3-5,9-10H2,1-2H3,(H2,19,20,21,23). The Balaban J connectivity index is 1.74. The fourth-order valence-electron chi connectivity index (χ4n) is 2.92. The number of ether oxygens (including phenoxy) is 1. The number of sulfonamides is 1. The fraction of sp³-hybridized carbons (Fsp3) is 0.444. The number of nitrogens with one attached hydrogen (secondary N) is 2. The Labute approximate surface area is 159 Å². The van der Waals surface area contributed by atoms with E-state index in [4.69, 9.17) is 4.74 Å². The third kappa shape index (κ3) is 4.67. The second kappa shape index (κ2) is 8.10. The highest BCUT2D eigenvalue weighted by Gasteiger charge is 2.26. The summed E-state index contributed by atoms with van der Waals surface area (Å²) < 4.78 is 32.5. The molecule has 1 aromatic carbocycles. The minimum absolute atomic E-state index is 0.0338. The largest absolute Gasteiger partial charge is 0.474 e. The Morgan fingerprint density at radius 2 is 1.96 bits per heavy atom. The highest BCUT2D eigenvalue weighted by Crippen LogP contribution is 2.22. The summed E-state index contributed by atoms with van der Waals surface area (Å²) in [6.45, 7) is 4.79. The average Bonchev–Trinajstić information content (AvgIpc) is 3.08. The van der Waals surface area contributed by atoms with Crippen LogP contribution in [0, 0.1) is 0 Å². The van der Waals surface area contributed by atoms with Crippen LogP contribution in [0.3, 0.4) is 0 Å². The van der Waals surface area contributed by atoms with Crippen molar-refractivity contribution < 1.29 is 17.9 Å². The molecular formula is C18H24N4O4S. The lowest BCUT2D eigenvalue weighted by Crippen LogP contribution is -2.35. The molecule has 0 unspecified atom stereocenters. The first kappa shape index (κ1) is 19.4. The summed E-state index contributed by atoms with van der Waals surface area (Å²) in [5, 5.41) is 9.30. The Morgan fingerprint density at radius 1 is 1.22 bits per heavy atom. The van der Waals surface area contributed by atoms with Crippen LogP contribution < -0.4 is 10.1 Å². The van der Waals surface area contributed by atoms with Crippen LogP contribution >= 0.6 is 0 Å². The van der Waals surface area contributed by atoms with Gasteiger partial charge >= 0.3 is 0 Å². The SMILES string of the molecule is CC(C)Oc1cc(NC(=O)c2cccc(S(=O)(=O)N3CCCCC3)c2)[nH]n1. The van der Waals surface area contributed by atoms with Crippen molar-refractivity contribution in [2.24, 2.45) is 0 Å². The van der Waals surface area contributed by atoms with Crippen molar-refractivity contribution in [1.82, 2.24) is 14.5 Å². The molecule has 0 saturated carbocycles. The first-order valence-corrected chi connectivity index (χ1v) is 10.4. The number of aromatic amines is 1. The van der Waals surface area contributed by atoms with Gasteiger partial charge in [0.05, 0.1) is 11.0 Å². The molecule has 3 rings (SSSR count). The molecule has 8 nitrogen and oxygen atoms in total. The number of aromatic nitrogens is 2. The molecule has 0 radical (unpaired) electrons. The second-order valence-electron chi connectivity index (χ2n) is 6.73. The zero-order valence-electron chi connectivity index (χ0n) is 15.4. The molecule has 27 heavy (non-hydrogen) atoms. The molecule has 2 aromatic rings. The maximum atomic E-state index is 12.8. The maximum absolute atomic E-state index is 12.8. The lowest BCUT2D eigenvalue weighted by Gasteiger charge is -2.26. The minimum atomic E-state index is -3.59. The number of benzene rings is 1. The Bertz CT molecular complexity index is 902. The van der Waals surface area contributed by atoms with Gasteiger partial charge in [0.2, 0.25) is 15.9 Å². The van der Waals surface area contributed by atoms with E-state index in [1.54, 1.807) is 18.2 Å². The zero-order chi connectivity index (χ0) is 19.4. The molecule has 1 amide bonds. The van der Waals surface area contributed by atoms with Gasteiger partial charge in [0.1, 0.15) is 5.82 Å². The monoisotopic (exact) mass is 392 g/mol. The first-order chi connectivity index (χ1) is 12.9. The van der Waals surface area contributed by atoms with E-state index in [0.717, 1.165) is 19.3 Å². The van der Waals surface area contributed by atoms with E-state index in [9.17, 15) is 13.2 Å². The summed E-state index contributed by atoms with van der Waals surface area (Å²) in [5.74, 6) is 0.326. The molecule has 1 aliphatic heterocycles. The number of H-pyrrole nitrogens is 1. The lowest BCUT2D eigenvalue weighted by molar-refractivity contribution is 0.102. The Morgan fingerprint density at radius 3 is 2.67 bits per heavy atom. The summed E-state index contributed by atoms with van der Waals surface area (Å²) >= 11 is 0. The number of rotatable bonds is 6. The molecule has 0 bridgehead atoms. The fourth-order valence-corrected chi connectivity index (χ4v) is 4.48. The molecule has 0 aliphatic carbocycles. The summed E-state index contributed by atoms with van der Waals surface area (Å²) in [7, 11) is -3.59. The van der Waals surface area contributed by atoms with E-state index in [1.165, 1.54) is 16.4 Å². The molecule has 1 aliphatic rings. The van der Waals surface area contributed by atoms with Crippen molar-refractivity contribution in [3.63, 3.8) is 0 Å². The third-order valence-electron chi connectivity index (χ3n) is 4.21. The highest BCUT2D eigenvalue weighted by molar-refractivity contribution is 7.89.